The lowest BCUT2D eigenvalue weighted by Crippen LogP contribution is -2.34. The molecule has 0 bridgehead atoms. The molecule has 0 aromatic carbocycles. The molecule has 1 fully saturated rings. The second-order valence-corrected chi connectivity index (χ2v) is 10.2. The molecule has 3 atom stereocenters. The van der Waals surface area contributed by atoms with Crippen LogP contribution in [0.15, 0.2) is 30.3 Å². The molecule has 3 unspecified atom stereocenters. The molecular formula is C28H36FN7O3S. The lowest BCUT2D eigenvalue weighted by Gasteiger charge is -2.25. The fourth-order valence-corrected chi connectivity index (χ4v) is 4.02. The van der Waals surface area contributed by atoms with E-state index in [1.165, 1.54) is 31.6 Å². The number of hydrogen-bond acceptors (Lipinski definition) is 10. The van der Waals surface area contributed by atoms with Gasteiger partial charge in [-0.15, -0.1) is 10.2 Å². The van der Waals surface area contributed by atoms with E-state index in [9.17, 15) is 9.18 Å². The summed E-state index contributed by atoms with van der Waals surface area (Å²) in [6, 6.07) is 0.924. The maximum absolute atomic E-state index is 14.2. The number of dihydropyridines is 1. The number of methoxy groups -OCH3 is 1. The molecule has 12 heteroatoms. The van der Waals surface area contributed by atoms with Crippen LogP contribution in [-0.4, -0.2) is 71.5 Å². The van der Waals surface area contributed by atoms with Crippen LogP contribution in [0.3, 0.4) is 0 Å². The number of allylic oxidation sites excluding steroid dienone is 1. The minimum absolute atomic E-state index is 0.171. The molecule has 0 radical (unpaired) electrons. The van der Waals surface area contributed by atoms with Crippen molar-refractivity contribution >= 4 is 33.8 Å². The third-order valence-electron chi connectivity index (χ3n) is 6.03. The number of anilines is 1. The van der Waals surface area contributed by atoms with E-state index in [1.54, 1.807) is 30.2 Å². The van der Waals surface area contributed by atoms with Gasteiger partial charge in [0.15, 0.2) is 11.2 Å². The Bertz CT molecular complexity index is 1340. The molecule has 1 aliphatic heterocycles. The summed E-state index contributed by atoms with van der Waals surface area (Å²) in [5.41, 5.74) is 1.27. The van der Waals surface area contributed by atoms with Gasteiger partial charge in [-0.2, -0.15) is 0 Å². The highest BCUT2D eigenvalue weighted by atomic mass is 32.1. The summed E-state index contributed by atoms with van der Waals surface area (Å²) < 4.78 is 25.4. The predicted octanol–water partition coefficient (Wildman–Crippen LogP) is 4.42. The van der Waals surface area contributed by atoms with Crippen LogP contribution < -0.4 is 10.6 Å². The van der Waals surface area contributed by atoms with Crippen LogP contribution in [0.1, 0.15) is 67.2 Å². The number of alkyl halides is 1. The van der Waals surface area contributed by atoms with E-state index in [0.29, 0.717) is 27.8 Å². The molecule has 3 heterocycles. The van der Waals surface area contributed by atoms with E-state index in [4.69, 9.17) is 14.9 Å². The van der Waals surface area contributed by atoms with Gasteiger partial charge in [0.25, 0.3) is 5.91 Å². The number of aromatic nitrogens is 3. The number of rotatable bonds is 8. The van der Waals surface area contributed by atoms with Gasteiger partial charge in [0.1, 0.15) is 17.6 Å². The molecule has 1 aliphatic carbocycles. The Balaban J connectivity index is 0.00000216. The Morgan fingerprint density at radius 1 is 1.30 bits per heavy atom. The summed E-state index contributed by atoms with van der Waals surface area (Å²) in [4.78, 5) is 19.5. The van der Waals surface area contributed by atoms with Crippen LogP contribution in [0, 0.1) is 23.2 Å². The van der Waals surface area contributed by atoms with Gasteiger partial charge in [-0.1, -0.05) is 31.1 Å². The van der Waals surface area contributed by atoms with E-state index in [1.807, 2.05) is 27.9 Å². The van der Waals surface area contributed by atoms with E-state index in [0.717, 1.165) is 12.8 Å². The highest BCUT2D eigenvalue weighted by Crippen LogP contribution is 2.31. The molecule has 4 rings (SSSR count). The first kappa shape index (κ1) is 30.7. The zero-order valence-electron chi connectivity index (χ0n) is 23.8. The Kier molecular flexibility index (Phi) is 10.8. The fourth-order valence-electron chi connectivity index (χ4n) is 3.42. The number of ether oxygens (including phenoxy) is 2. The Labute approximate surface area is 238 Å². The van der Waals surface area contributed by atoms with Gasteiger partial charge in [0.05, 0.1) is 18.7 Å². The molecular weight excluding hydrogens is 533 g/mol. The predicted molar refractivity (Wildman–Crippen MR) is 155 cm³/mol. The third kappa shape index (κ3) is 7.86. The quantitative estimate of drug-likeness (QED) is 0.185. The van der Waals surface area contributed by atoms with Crippen molar-refractivity contribution in [2.45, 2.75) is 59.0 Å². The molecule has 2 aliphatic rings. The standard InChI is InChI=1S/C26H30FN7O3S.C2H6/c1-14(27)20-11-18(22(36-5)13-30-20)17-10-21(24(28)37-15(2)34(3)4)29-12-19(17)25(35)31-26-33-32-23(38-26)9-8-16-6-7-16;1-2/h10-16,20,28,30H,6-7H2,1-5H3,(H,31,33,35);1-2H3. The first-order valence-electron chi connectivity index (χ1n) is 13.1. The van der Waals surface area contributed by atoms with Crippen LogP contribution in [-0.2, 0) is 9.47 Å². The van der Waals surface area contributed by atoms with Crippen LogP contribution in [0.4, 0.5) is 9.52 Å². The second-order valence-electron chi connectivity index (χ2n) is 9.20. The Hall–Kier alpha value is -3.82. The maximum atomic E-state index is 14.2. The second kappa shape index (κ2) is 14.0. The molecule has 1 saturated carbocycles. The molecule has 214 valence electrons. The first-order valence-corrected chi connectivity index (χ1v) is 13.9. The minimum Gasteiger partial charge on any atom is -0.495 e. The molecule has 40 heavy (non-hydrogen) atoms. The number of carbonyl (C=O) groups is 1. The molecule has 0 spiro atoms. The number of amides is 1. The van der Waals surface area contributed by atoms with Crippen molar-refractivity contribution in [3.8, 4) is 11.8 Å². The van der Waals surface area contributed by atoms with Gasteiger partial charge >= 0.3 is 0 Å². The van der Waals surface area contributed by atoms with Crippen LogP contribution in [0.5, 0.6) is 0 Å². The van der Waals surface area contributed by atoms with Crippen molar-refractivity contribution in [3.05, 3.63) is 52.1 Å². The Morgan fingerprint density at radius 2 is 2.02 bits per heavy atom. The number of nitrogens with one attached hydrogen (secondary N) is 3. The van der Waals surface area contributed by atoms with Gasteiger partial charge in [-0.3, -0.25) is 25.4 Å². The van der Waals surface area contributed by atoms with Gasteiger partial charge in [0, 0.05) is 29.5 Å². The average Bonchev–Trinajstić information content (AvgIpc) is 3.69. The number of nitrogens with zero attached hydrogens (tertiary/aromatic N) is 4. The van der Waals surface area contributed by atoms with Gasteiger partial charge < -0.3 is 14.8 Å². The fraction of sp³-hybridized carbons (Fsp3) is 0.464. The Morgan fingerprint density at radius 3 is 2.65 bits per heavy atom. The summed E-state index contributed by atoms with van der Waals surface area (Å²) in [7, 11) is 5.14. The van der Waals surface area contributed by atoms with Crippen LogP contribution >= 0.6 is 11.3 Å². The summed E-state index contributed by atoms with van der Waals surface area (Å²) in [5, 5.41) is 23.0. The van der Waals surface area contributed by atoms with Crippen molar-refractivity contribution in [1.82, 2.24) is 25.4 Å². The lowest BCUT2D eigenvalue weighted by atomic mass is 9.94. The van der Waals surface area contributed by atoms with E-state index >= 15 is 0 Å². The van der Waals surface area contributed by atoms with Gasteiger partial charge in [-0.05, 0) is 58.8 Å². The average molecular weight is 570 g/mol. The molecule has 1 amide bonds. The number of hydrogen-bond donors (Lipinski definition) is 3. The van der Waals surface area contributed by atoms with E-state index in [-0.39, 0.29) is 28.5 Å². The zero-order chi connectivity index (χ0) is 29.4. The monoisotopic (exact) mass is 569 g/mol. The van der Waals surface area contributed by atoms with Gasteiger partial charge in [0.2, 0.25) is 11.0 Å². The maximum Gasteiger partial charge on any atom is 0.259 e. The number of halogens is 1. The minimum atomic E-state index is -1.21. The van der Waals surface area contributed by atoms with Crippen LogP contribution in [0.2, 0.25) is 0 Å². The van der Waals surface area contributed by atoms with Crippen LogP contribution in [0.25, 0.3) is 5.57 Å². The first-order chi connectivity index (χ1) is 19.2. The van der Waals surface area contributed by atoms with Crippen molar-refractivity contribution in [2.75, 3.05) is 26.5 Å². The third-order valence-corrected chi connectivity index (χ3v) is 6.78. The summed E-state index contributed by atoms with van der Waals surface area (Å²) >= 11 is 1.18. The van der Waals surface area contributed by atoms with E-state index in [2.05, 4.69) is 37.7 Å². The van der Waals surface area contributed by atoms with Crippen molar-refractivity contribution in [3.63, 3.8) is 0 Å². The van der Waals surface area contributed by atoms with Crippen molar-refractivity contribution < 1.29 is 18.7 Å². The molecule has 2 aromatic heterocycles. The van der Waals surface area contributed by atoms with Crippen molar-refractivity contribution in [1.29, 1.82) is 5.41 Å². The molecule has 10 nitrogen and oxygen atoms in total. The zero-order valence-corrected chi connectivity index (χ0v) is 24.6. The summed E-state index contributed by atoms with van der Waals surface area (Å²) in [6.45, 7) is 7.24. The van der Waals surface area contributed by atoms with Crippen molar-refractivity contribution in [2.24, 2.45) is 5.92 Å². The normalized spacial score (nSPS) is 17.5. The highest BCUT2D eigenvalue weighted by Gasteiger charge is 2.27. The largest absolute Gasteiger partial charge is 0.495 e. The number of carbonyl (C=O) groups excluding carboxylic acids is 1. The topological polar surface area (TPSA) is 125 Å². The molecule has 0 saturated heterocycles. The summed E-state index contributed by atoms with van der Waals surface area (Å²) in [5.74, 6) is 6.27. The molecule has 2 aromatic rings. The lowest BCUT2D eigenvalue weighted by molar-refractivity contribution is 0.0696. The molecule has 3 N–H and O–H groups in total. The van der Waals surface area contributed by atoms with Gasteiger partial charge in [-0.25, -0.2) is 4.39 Å². The highest BCUT2D eigenvalue weighted by molar-refractivity contribution is 7.15. The SMILES string of the molecule is CC.COC1=CNC(C(C)F)C=C1c1cc(C(=N)OC(C)N(C)C)ncc1C(=O)Nc1nnc(C#CC2CC2)s1. The van der Waals surface area contributed by atoms with E-state index < -0.39 is 18.1 Å². The summed E-state index contributed by atoms with van der Waals surface area (Å²) in [6.07, 6.45) is 5.18. The number of pyridine rings is 1. The smallest absolute Gasteiger partial charge is 0.259 e.